The van der Waals surface area contributed by atoms with Gasteiger partial charge < -0.3 is 0 Å². The van der Waals surface area contributed by atoms with Crippen molar-refractivity contribution in [1.82, 2.24) is 0 Å². The van der Waals surface area contributed by atoms with E-state index in [4.69, 9.17) is 0 Å². The van der Waals surface area contributed by atoms with Gasteiger partial charge in [-0.2, -0.15) is 0 Å². The monoisotopic (exact) mass is 182 g/mol. The van der Waals surface area contributed by atoms with E-state index in [1.165, 1.54) is 12.8 Å². The fraction of sp³-hybridized carbons (Fsp3) is 0.846. The van der Waals surface area contributed by atoms with Crippen LogP contribution in [0.5, 0.6) is 0 Å². The van der Waals surface area contributed by atoms with Crippen LogP contribution < -0.4 is 0 Å². The van der Waals surface area contributed by atoms with Gasteiger partial charge in [0.25, 0.3) is 0 Å². The second kappa shape index (κ2) is 5.47. The molecular formula is C13H26. The third-order valence-corrected chi connectivity index (χ3v) is 2.04. The molecule has 0 aliphatic carbocycles. The van der Waals surface area contributed by atoms with E-state index in [2.05, 4.69) is 53.7 Å². The lowest BCUT2D eigenvalue weighted by Crippen LogP contribution is -2.02. The highest BCUT2D eigenvalue weighted by Gasteiger charge is 2.07. The Hall–Kier alpha value is -0.260. The Balaban J connectivity index is 3.72. The van der Waals surface area contributed by atoms with Crippen LogP contribution in [0.25, 0.3) is 0 Å². The summed E-state index contributed by atoms with van der Waals surface area (Å²) in [6.07, 6.45) is 7.20. The molecule has 0 aliphatic heterocycles. The smallest absolute Gasteiger partial charge is 0.0260 e. The van der Waals surface area contributed by atoms with Crippen molar-refractivity contribution in [2.75, 3.05) is 0 Å². The largest absolute Gasteiger partial charge is 0.0877 e. The number of rotatable bonds is 4. The number of hydrogen-bond acceptors (Lipinski definition) is 0. The van der Waals surface area contributed by atoms with Gasteiger partial charge in [0.1, 0.15) is 0 Å². The summed E-state index contributed by atoms with van der Waals surface area (Å²) in [7, 11) is 0. The highest BCUT2D eigenvalue weighted by Crippen LogP contribution is 2.20. The minimum Gasteiger partial charge on any atom is -0.0877 e. The first-order chi connectivity index (χ1) is 5.81. The number of allylic oxidation sites excluding steroid dienone is 2. The van der Waals surface area contributed by atoms with Gasteiger partial charge in [-0.15, -0.1) is 0 Å². The summed E-state index contributed by atoms with van der Waals surface area (Å²) >= 11 is 0. The van der Waals surface area contributed by atoms with Crippen molar-refractivity contribution in [2.45, 2.75) is 54.4 Å². The third-order valence-electron chi connectivity index (χ3n) is 2.04. The lowest BCUT2D eigenvalue weighted by atomic mass is 9.91. The Labute approximate surface area is 84.4 Å². The first-order valence-corrected chi connectivity index (χ1v) is 5.48. The normalized spacial score (nSPS) is 15.6. The average molecular weight is 182 g/mol. The maximum Gasteiger partial charge on any atom is -0.0260 e. The molecule has 0 saturated carbocycles. The van der Waals surface area contributed by atoms with Crippen LogP contribution in [0.4, 0.5) is 0 Å². The van der Waals surface area contributed by atoms with Crippen LogP contribution in [0.3, 0.4) is 0 Å². The molecule has 0 heterocycles. The average Bonchev–Trinajstić information content (AvgIpc) is 1.81. The van der Waals surface area contributed by atoms with E-state index in [0.717, 1.165) is 11.8 Å². The van der Waals surface area contributed by atoms with Crippen molar-refractivity contribution in [1.29, 1.82) is 0 Å². The van der Waals surface area contributed by atoms with Crippen molar-refractivity contribution in [3.05, 3.63) is 12.2 Å². The van der Waals surface area contributed by atoms with Gasteiger partial charge in [-0.25, -0.2) is 0 Å². The number of hydrogen-bond donors (Lipinski definition) is 0. The Morgan fingerprint density at radius 3 is 2.00 bits per heavy atom. The predicted molar refractivity (Wildman–Crippen MR) is 61.8 cm³/mol. The van der Waals surface area contributed by atoms with E-state index < -0.39 is 0 Å². The quantitative estimate of drug-likeness (QED) is 0.555. The van der Waals surface area contributed by atoms with Gasteiger partial charge >= 0.3 is 0 Å². The molecule has 0 bridgehead atoms. The van der Waals surface area contributed by atoms with E-state index in [1.807, 2.05) is 0 Å². The van der Waals surface area contributed by atoms with Gasteiger partial charge in [0, 0.05) is 0 Å². The fourth-order valence-corrected chi connectivity index (χ4v) is 1.48. The summed E-state index contributed by atoms with van der Waals surface area (Å²) in [5, 5.41) is 0. The molecule has 0 aromatic carbocycles. The van der Waals surface area contributed by atoms with Gasteiger partial charge in [0.15, 0.2) is 0 Å². The van der Waals surface area contributed by atoms with Gasteiger partial charge in [-0.1, -0.05) is 53.7 Å². The highest BCUT2D eigenvalue weighted by atomic mass is 14.1. The molecule has 0 N–H and O–H groups in total. The van der Waals surface area contributed by atoms with Crippen molar-refractivity contribution in [2.24, 2.45) is 17.3 Å². The van der Waals surface area contributed by atoms with Gasteiger partial charge in [0.2, 0.25) is 0 Å². The molecule has 0 amide bonds. The van der Waals surface area contributed by atoms with Crippen molar-refractivity contribution < 1.29 is 0 Å². The van der Waals surface area contributed by atoms with Crippen LogP contribution in [0, 0.1) is 17.3 Å². The Bertz CT molecular complexity index is 146. The molecular weight excluding hydrogens is 156 g/mol. The van der Waals surface area contributed by atoms with E-state index in [0.29, 0.717) is 5.41 Å². The summed E-state index contributed by atoms with van der Waals surface area (Å²) in [5.74, 6) is 1.55. The zero-order chi connectivity index (χ0) is 10.5. The molecule has 0 aliphatic rings. The van der Waals surface area contributed by atoms with Crippen LogP contribution in [0.1, 0.15) is 54.4 Å². The second-order valence-corrected chi connectivity index (χ2v) is 5.80. The molecule has 0 rings (SSSR count). The zero-order valence-corrected chi connectivity index (χ0v) is 10.2. The summed E-state index contributed by atoms with van der Waals surface area (Å²) in [5.41, 5.74) is 0.439. The molecule has 13 heavy (non-hydrogen) atoms. The molecule has 0 aromatic rings. The summed E-state index contributed by atoms with van der Waals surface area (Å²) in [6.45, 7) is 13.7. The minimum atomic E-state index is 0.439. The molecule has 0 aromatic heterocycles. The molecule has 1 unspecified atom stereocenters. The minimum absolute atomic E-state index is 0.439. The standard InChI is InChI=1S/C13H26/c1-11(2)10-12(3)8-7-9-13(4,5)6/h7-8,11-12H,9-10H2,1-6H3. The first-order valence-electron chi connectivity index (χ1n) is 5.48. The van der Waals surface area contributed by atoms with Crippen LogP contribution in [-0.4, -0.2) is 0 Å². The van der Waals surface area contributed by atoms with Gasteiger partial charge in [-0.05, 0) is 30.1 Å². The lowest BCUT2D eigenvalue weighted by Gasteiger charge is -2.15. The van der Waals surface area contributed by atoms with Crippen molar-refractivity contribution in [3.8, 4) is 0 Å². The van der Waals surface area contributed by atoms with Crippen LogP contribution >= 0.6 is 0 Å². The van der Waals surface area contributed by atoms with Crippen molar-refractivity contribution >= 4 is 0 Å². The SMILES string of the molecule is CC(C)CC(C)C=CCC(C)(C)C. The topological polar surface area (TPSA) is 0 Å². The molecule has 0 radical (unpaired) electrons. The molecule has 1 atom stereocenters. The fourth-order valence-electron chi connectivity index (χ4n) is 1.48. The Morgan fingerprint density at radius 2 is 1.62 bits per heavy atom. The molecule has 0 nitrogen and oxygen atoms in total. The second-order valence-electron chi connectivity index (χ2n) is 5.80. The van der Waals surface area contributed by atoms with E-state index in [9.17, 15) is 0 Å². The van der Waals surface area contributed by atoms with Gasteiger partial charge in [-0.3, -0.25) is 0 Å². The van der Waals surface area contributed by atoms with Crippen LogP contribution in [0.15, 0.2) is 12.2 Å². The maximum absolute atomic E-state index is 2.37. The molecule has 78 valence electrons. The van der Waals surface area contributed by atoms with E-state index >= 15 is 0 Å². The van der Waals surface area contributed by atoms with Crippen LogP contribution in [0.2, 0.25) is 0 Å². The summed E-state index contributed by atoms with van der Waals surface area (Å²) in [4.78, 5) is 0. The predicted octanol–water partition coefficient (Wildman–Crippen LogP) is 4.66. The van der Waals surface area contributed by atoms with Crippen molar-refractivity contribution in [3.63, 3.8) is 0 Å². The molecule has 0 fully saturated rings. The molecule has 0 spiro atoms. The third kappa shape index (κ3) is 9.66. The van der Waals surface area contributed by atoms with E-state index in [-0.39, 0.29) is 0 Å². The Kier molecular flexibility index (Phi) is 5.36. The highest BCUT2D eigenvalue weighted by molar-refractivity contribution is 4.89. The molecule has 0 saturated heterocycles. The summed E-state index contributed by atoms with van der Waals surface area (Å²) in [6, 6.07) is 0. The maximum atomic E-state index is 2.37. The van der Waals surface area contributed by atoms with E-state index in [1.54, 1.807) is 0 Å². The first kappa shape index (κ1) is 12.7. The molecule has 0 heteroatoms. The van der Waals surface area contributed by atoms with Crippen LogP contribution in [-0.2, 0) is 0 Å². The lowest BCUT2D eigenvalue weighted by molar-refractivity contribution is 0.418. The Morgan fingerprint density at radius 1 is 1.08 bits per heavy atom. The van der Waals surface area contributed by atoms with Gasteiger partial charge in [0.05, 0.1) is 0 Å². The zero-order valence-electron chi connectivity index (χ0n) is 10.2. The summed E-state index contributed by atoms with van der Waals surface area (Å²) < 4.78 is 0.